The molecule has 4 nitrogen and oxygen atoms in total. The Labute approximate surface area is 117 Å². The van der Waals surface area contributed by atoms with E-state index in [9.17, 15) is 5.11 Å². The van der Waals surface area contributed by atoms with E-state index in [-0.39, 0.29) is 24.2 Å². The molecule has 0 bridgehead atoms. The summed E-state index contributed by atoms with van der Waals surface area (Å²) in [5.41, 5.74) is 2.14. The topological polar surface area (TPSA) is 67.5 Å². The first-order valence-corrected chi connectivity index (χ1v) is 7.70. The van der Waals surface area contributed by atoms with Crippen LogP contribution in [0.2, 0.25) is 0 Å². The molecule has 0 amide bonds. The molecule has 6 atom stereocenters. The van der Waals surface area contributed by atoms with Crippen LogP contribution in [0.1, 0.15) is 53.4 Å². The molecule has 1 saturated carbocycles. The third-order valence-electron chi connectivity index (χ3n) is 5.01. The van der Waals surface area contributed by atoms with E-state index in [1.165, 1.54) is 0 Å². The molecule has 2 fully saturated rings. The van der Waals surface area contributed by atoms with Crippen LogP contribution in [0.4, 0.5) is 0 Å². The van der Waals surface area contributed by atoms with Gasteiger partial charge in [0.15, 0.2) is 0 Å². The molecule has 1 heterocycles. The largest absolute Gasteiger partial charge is 0.387 e. The van der Waals surface area contributed by atoms with Gasteiger partial charge in [-0.05, 0) is 44.4 Å². The van der Waals surface area contributed by atoms with Crippen LogP contribution < -0.4 is 11.3 Å². The second kappa shape index (κ2) is 5.68. The first kappa shape index (κ1) is 15.2. The van der Waals surface area contributed by atoms with Crippen molar-refractivity contribution >= 4 is 0 Å². The first-order chi connectivity index (χ1) is 8.86. The fraction of sp³-hybridized carbons (Fsp3) is 1.00. The lowest BCUT2D eigenvalue weighted by Crippen LogP contribution is -2.56. The van der Waals surface area contributed by atoms with Gasteiger partial charge in [-0.2, -0.15) is 0 Å². The number of hydrazine groups is 1. The van der Waals surface area contributed by atoms with Crippen molar-refractivity contribution in [2.75, 3.05) is 0 Å². The number of fused-ring (bicyclic) bond motifs is 1. The Kier molecular flexibility index (Phi) is 4.56. The fourth-order valence-corrected chi connectivity index (χ4v) is 3.98. The number of ether oxygens (including phenoxy) is 1. The van der Waals surface area contributed by atoms with Gasteiger partial charge in [0.1, 0.15) is 0 Å². The Morgan fingerprint density at radius 3 is 2.68 bits per heavy atom. The highest BCUT2D eigenvalue weighted by atomic mass is 16.5. The van der Waals surface area contributed by atoms with Crippen LogP contribution in [0, 0.1) is 17.8 Å². The van der Waals surface area contributed by atoms with Gasteiger partial charge in [0.05, 0.1) is 17.8 Å². The summed E-state index contributed by atoms with van der Waals surface area (Å²) in [6.45, 7) is 8.59. The zero-order chi connectivity index (χ0) is 14.2. The molecular formula is C15H30N2O2. The molecular weight excluding hydrogens is 240 g/mol. The van der Waals surface area contributed by atoms with E-state index in [1.54, 1.807) is 0 Å². The Morgan fingerprint density at radius 1 is 1.42 bits per heavy atom. The van der Waals surface area contributed by atoms with E-state index in [2.05, 4.69) is 26.2 Å². The molecule has 1 aliphatic carbocycles. The Bertz CT molecular complexity index is 307. The molecule has 1 saturated heterocycles. The molecule has 0 spiro atoms. The minimum absolute atomic E-state index is 0.0500. The number of nitrogens with one attached hydrogen (secondary N) is 1. The van der Waals surface area contributed by atoms with Gasteiger partial charge in [0.25, 0.3) is 0 Å². The fourth-order valence-electron chi connectivity index (χ4n) is 3.98. The number of nitrogens with two attached hydrogens (primary N) is 1. The highest BCUT2D eigenvalue weighted by molar-refractivity contribution is 5.07. The van der Waals surface area contributed by atoms with Crippen molar-refractivity contribution < 1.29 is 9.84 Å². The molecule has 0 aromatic heterocycles. The minimum Gasteiger partial charge on any atom is -0.387 e. The summed E-state index contributed by atoms with van der Waals surface area (Å²) >= 11 is 0. The van der Waals surface area contributed by atoms with E-state index >= 15 is 0 Å². The predicted molar refractivity (Wildman–Crippen MR) is 76.4 cm³/mol. The maximum atomic E-state index is 10.9. The van der Waals surface area contributed by atoms with Gasteiger partial charge in [-0.25, -0.2) is 0 Å². The van der Waals surface area contributed by atoms with Crippen molar-refractivity contribution in [2.24, 2.45) is 23.6 Å². The first-order valence-electron chi connectivity index (χ1n) is 7.70. The van der Waals surface area contributed by atoms with Gasteiger partial charge in [0, 0.05) is 12.0 Å². The lowest BCUT2D eigenvalue weighted by Gasteiger charge is -2.40. The van der Waals surface area contributed by atoms with Crippen molar-refractivity contribution in [3.05, 3.63) is 0 Å². The highest BCUT2D eigenvalue weighted by Gasteiger charge is 2.56. The summed E-state index contributed by atoms with van der Waals surface area (Å²) < 4.78 is 6.19. The van der Waals surface area contributed by atoms with E-state index in [1.807, 2.05) is 6.92 Å². The second-order valence-electron chi connectivity index (χ2n) is 7.24. The molecule has 112 valence electrons. The molecule has 2 aliphatic rings. The maximum Gasteiger partial charge on any atom is 0.0948 e. The summed E-state index contributed by atoms with van der Waals surface area (Å²) in [4.78, 5) is 0. The molecule has 4 heteroatoms. The molecule has 2 rings (SSSR count). The molecule has 0 aromatic rings. The van der Waals surface area contributed by atoms with Crippen LogP contribution in [-0.4, -0.2) is 29.0 Å². The second-order valence-corrected chi connectivity index (χ2v) is 7.24. The van der Waals surface area contributed by atoms with Crippen molar-refractivity contribution in [3.8, 4) is 0 Å². The van der Waals surface area contributed by atoms with E-state index in [0.29, 0.717) is 11.8 Å². The molecule has 2 unspecified atom stereocenters. The zero-order valence-electron chi connectivity index (χ0n) is 12.7. The Balaban J connectivity index is 2.11. The van der Waals surface area contributed by atoms with Crippen molar-refractivity contribution in [1.29, 1.82) is 0 Å². The monoisotopic (exact) mass is 270 g/mol. The van der Waals surface area contributed by atoms with Crippen LogP contribution in [-0.2, 0) is 4.74 Å². The average Bonchev–Trinajstić information content (AvgIpc) is 2.56. The van der Waals surface area contributed by atoms with Gasteiger partial charge in [-0.15, -0.1) is 0 Å². The zero-order valence-corrected chi connectivity index (χ0v) is 12.7. The summed E-state index contributed by atoms with van der Waals surface area (Å²) in [7, 11) is 0. The number of hydrogen-bond acceptors (Lipinski definition) is 4. The Morgan fingerprint density at radius 2 is 2.11 bits per heavy atom. The SMILES string of the molecule is CC(C)CCC1O[C@H]2C[C@@H](C)CC(NN)[C@H]2[C@@]1(C)O. The number of rotatable bonds is 4. The number of hydrogen-bond donors (Lipinski definition) is 3. The van der Waals surface area contributed by atoms with Crippen molar-refractivity contribution in [2.45, 2.75) is 77.2 Å². The Hall–Kier alpha value is -0.160. The van der Waals surface area contributed by atoms with Crippen LogP contribution >= 0.6 is 0 Å². The lowest BCUT2D eigenvalue weighted by atomic mass is 9.70. The van der Waals surface area contributed by atoms with Crippen LogP contribution in [0.3, 0.4) is 0 Å². The normalized spacial score (nSPS) is 46.6. The molecule has 0 aromatic carbocycles. The van der Waals surface area contributed by atoms with Gasteiger partial charge in [-0.1, -0.05) is 20.8 Å². The standard InChI is InChI=1S/C15H30N2O2/c1-9(2)5-6-13-15(4,18)14-11(17-16)7-10(3)8-12(14)19-13/h9-14,17-18H,5-8,16H2,1-4H3/t10-,11?,12-,13?,14+,15-/m0/s1. The van der Waals surface area contributed by atoms with Gasteiger partial charge < -0.3 is 9.84 Å². The average molecular weight is 270 g/mol. The molecule has 19 heavy (non-hydrogen) atoms. The summed E-state index contributed by atoms with van der Waals surface area (Å²) in [5.74, 6) is 7.05. The van der Waals surface area contributed by atoms with Crippen molar-refractivity contribution in [1.82, 2.24) is 5.43 Å². The van der Waals surface area contributed by atoms with Crippen LogP contribution in [0.15, 0.2) is 0 Å². The summed E-state index contributed by atoms with van der Waals surface area (Å²) in [5, 5.41) is 10.9. The quantitative estimate of drug-likeness (QED) is 0.538. The van der Waals surface area contributed by atoms with Crippen LogP contribution in [0.5, 0.6) is 0 Å². The van der Waals surface area contributed by atoms with E-state index in [0.717, 1.165) is 25.7 Å². The molecule has 1 aliphatic heterocycles. The summed E-state index contributed by atoms with van der Waals surface area (Å²) in [6, 6.07) is 0.160. The molecule has 4 N–H and O–H groups in total. The van der Waals surface area contributed by atoms with E-state index < -0.39 is 5.60 Å². The minimum atomic E-state index is -0.767. The van der Waals surface area contributed by atoms with Crippen LogP contribution in [0.25, 0.3) is 0 Å². The number of aliphatic hydroxyl groups is 1. The van der Waals surface area contributed by atoms with Gasteiger partial charge in [-0.3, -0.25) is 11.3 Å². The van der Waals surface area contributed by atoms with Crippen molar-refractivity contribution in [3.63, 3.8) is 0 Å². The smallest absolute Gasteiger partial charge is 0.0948 e. The predicted octanol–water partition coefficient (Wildman–Crippen LogP) is 1.82. The third-order valence-corrected chi connectivity index (χ3v) is 5.01. The van der Waals surface area contributed by atoms with Gasteiger partial charge >= 0.3 is 0 Å². The van der Waals surface area contributed by atoms with Gasteiger partial charge in [0.2, 0.25) is 0 Å². The maximum absolute atomic E-state index is 10.9. The highest BCUT2D eigenvalue weighted by Crippen LogP contribution is 2.46. The van der Waals surface area contributed by atoms with E-state index in [4.69, 9.17) is 10.6 Å². The third kappa shape index (κ3) is 2.97. The summed E-state index contributed by atoms with van der Waals surface area (Å²) in [6.07, 6.45) is 4.19. The lowest BCUT2D eigenvalue weighted by molar-refractivity contribution is -0.0505. The molecule has 0 radical (unpaired) electrons.